The lowest BCUT2D eigenvalue weighted by Gasteiger charge is -2.15. The van der Waals surface area contributed by atoms with E-state index in [1.165, 1.54) is 12.8 Å². The van der Waals surface area contributed by atoms with Crippen molar-refractivity contribution in [1.82, 2.24) is 0 Å². The summed E-state index contributed by atoms with van der Waals surface area (Å²) in [6.07, 6.45) is 6.70. The number of hydrogen-bond acceptors (Lipinski definition) is 3. The summed E-state index contributed by atoms with van der Waals surface area (Å²) in [5.41, 5.74) is 5.88. The van der Waals surface area contributed by atoms with Crippen LogP contribution < -0.4 is 5.73 Å². The van der Waals surface area contributed by atoms with E-state index in [2.05, 4.69) is 0 Å². The second kappa shape index (κ2) is 4.13. The molecule has 0 saturated heterocycles. The molecule has 0 bridgehead atoms. The molecular weight excluding hydrogens is 178 g/mol. The summed E-state index contributed by atoms with van der Waals surface area (Å²) in [5, 5.41) is 0. The fourth-order valence-electron chi connectivity index (χ4n) is 1.76. The molecule has 0 amide bonds. The van der Waals surface area contributed by atoms with E-state index >= 15 is 0 Å². The molecule has 2 aliphatic rings. The highest BCUT2D eigenvalue weighted by atomic mass is 16.5. The van der Waals surface area contributed by atoms with E-state index in [4.69, 9.17) is 10.5 Å². The Morgan fingerprint density at radius 1 is 1.64 bits per heavy atom. The fraction of sp³-hybridized carbons (Fsp3) is 0.727. The van der Waals surface area contributed by atoms with Crippen molar-refractivity contribution in [2.45, 2.75) is 38.1 Å². The lowest BCUT2D eigenvalue weighted by Crippen LogP contribution is -2.27. The zero-order valence-corrected chi connectivity index (χ0v) is 8.37. The number of Topliss-reactive ketones (excluding diaryl/α,β-unsaturated/α-hetero) is 1. The van der Waals surface area contributed by atoms with E-state index in [9.17, 15) is 4.79 Å². The first kappa shape index (κ1) is 9.71. The molecule has 2 rings (SSSR count). The van der Waals surface area contributed by atoms with E-state index in [0.717, 1.165) is 12.8 Å². The first-order chi connectivity index (χ1) is 6.77. The van der Waals surface area contributed by atoms with E-state index < -0.39 is 0 Å². The molecule has 0 aromatic heterocycles. The Balaban J connectivity index is 1.84. The van der Waals surface area contributed by atoms with Crippen LogP contribution in [0.15, 0.2) is 11.8 Å². The minimum atomic E-state index is 0.0499. The lowest BCUT2D eigenvalue weighted by atomic mass is 10.0. The van der Waals surface area contributed by atoms with Gasteiger partial charge in [0.15, 0.2) is 11.5 Å². The smallest absolute Gasteiger partial charge is 0.198 e. The standard InChI is InChI=1S/C11H17NO2/c12-9(8-4-5-8)7-10(13)11-3-1-2-6-14-11/h3,8-9H,1-2,4-7,12H2. The molecule has 2 N–H and O–H groups in total. The van der Waals surface area contributed by atoms with Crippen molar-refractivity contribution < 1.29 is 9.53 Å². The second-order valence-corrected chi connectivity index (χ2v) is 4.19. The molecule has 0 aromatic rings. The topological polar surface area (TPSA) is 52.3 Å². The van der Waals surface area contributed by atoms with Gasteiger partial charge in [-0.25, -0.2) is 0 Å². The molecule has 1 saturated carbocycles. The number of rotatable bonds is 4. The first-order valence-electron chi connectivity index (χ1n) is 5.39. The molecular formula is C11H17NO2. The van der Waals surface area contributed by atoms with Gasteiger partial charge < -0.3 is 10.5 Å². The molecule has 78 valence electrons. The Morgan fingerprint density at radius 3 is 3.00 bits per heavy atom. The third-order valence-electron chi connectivity index (χ3n) is 2.86. The quantitative estimate of drug-likeness (QED) is 0.737. The number of ether oxygens (including phenoxy) is 1. The number of allylic oxidation sites excluding steroid dienone is 2. The zero-order valence-electron chi connectivity index (χ0n) is 8.37. The fourth-order valence-corrected chi connectivity index (χ4v) is 1.76. The number of carbonyl (C=O) groups excluding carboxylic acids is 1. The van der Waals surface area contributed by atoms with Gasteiger partial charge in [-0.05, 0) is 37.7 Å². The molecule has 1 fully saturated rings. The summed E-state index contributed by atoms with van der Waals surface area (Å²) in [6.45, 7) is 0.677. The van der Waals surface area contributed by atoms with Crippen molar-refractivity contribution in [3.8, 4) is 0 Å². The third-order valence-corrected chi connectivity index (χ3v) is 2.86. The van der Waals surface area contributed by atoms with Gasteiger partial charge in [0.2, 0.25) is 0 Å². The highest BCUT2D eigenvalue weighted by molar-refractivity contribution is 5.93. The highest BCUT2D eigenvalue weighted by Crippen LogP contribution is 2.33. The zero-order chi connectivity index (χ0) is 9.97. The minimum absolute atomic E-state index is 0.0499. The number of nitrogens with two attached hydrogens (primary N) is 1. The summed E-state index contributed by atoms with van der Waals surface area (Å²) < 4.78 is 5.30. The summed E-state index contributed by atoms with van der Waals surface area (Å²) in [4.78, 5) is 11.7. The van der Waals surface area contributed by atoms with Crippen molar-refractivity contribution >= 4 is 5.78 Å². The summed E-state index contributed by atoms with van der Waals surface area (Å²) >= 11 is 0. The number of carbonyl (C=O) groups is 1. The first-order valence-corrected chi connectivity index (χ1v) is 5.39. The van der Waals surface area contributed by atoms with E-state index in [0.29, 0.717) is 24.7 Å². The van der Waals surface area contributed by atoms with Crippen LogP contribution in [0, 0.1) is 5.92 Å². The van der Waals surface area contributed by atoms with Crippen LogP contribution in [0.2, 0.25) is 0 Å². The van der Waals surface area contributed by atoms with Crippen LogP contribution in [-0.2, 0) is 9.53 Å². The Kier molecular flexibility index (Phi) is 2.87. The van der Waals surface area contributed by atoms with Crippen LogP contribution in [0.1, 0.15) is 32.1 Å². The van der Waals surface area contributed by atoms with Gasteiger partial charge in [0, 0.05) is 12.5 Å². The Bertz CT molecular complexity index is 256. The van der Waals surface area contributed by atoms with Gasteiger partial charge in [-0.15, -0.1) is 0 Å². The molecule has 1 aliphatic heterocycles. The Hall–Kier alpha value is -0.830. The minimum Gasteiger partial charge on any atom is -0.490 e. The van der Waals surface area contributed by atoms with Crippen LogP contribution in [-0.4, -0.2) is 18.4 Å². The van der Waals surface area contributed by atoms with Crippen molar-refractivity contribution in [2.24, 2.45) is 11.7 Å². The SMILES string of the molecule is NC(CC(=O)C1=CCCCO1)C1CC1. The number of hydrogen-bond donors (Lipinski definition) is 1. The van der Waals surface area contributed by atoms with Crippen molar-refractivity contribution in [1.29, 1.82) is 0 Å². The third kappa shape index (κ3) is 2.35. The molecule has 1 aliphatic carbocycles. The van der Waals surface area contributed by atoms with E-state index in [1.807, 2.05) is 6.08 Å². The van der Waals surface area contributed by atoms with Gasteiger partial charge in [-0.3, -0.25) is 4.79 Å². The molecule has 0 spiro atoms. The maximum atomic E-state index is 11.7. The highest BCUT2D eigenvalue weighted by Gasteiger charge is 2.30. The van der Waals surface area contributed by atoms with Gasteiger partial charge in [0.25, 0.3) is 0 Å². The molecule has 1 heterocycles. The van der Waals surface area contributed by atoms with Crippen molar-refractivity contribution in [3.05, 3.63) is 11.8 Å². The molecule has 3 heteroatoms. The van der Waals surface area contributed by atoms with Gasteiger partial charge >= 0.3 is 0 Å². The van der Waals surface area contributed by atoms with Crippen LogP contribution in [0.25, 0.3) is 0 Å². The van der Waals surface area contributed by atoms with Gasteiger partial charge in [-0.2, -0.15) is 0 Å². The van der Waals surface area contributed by atoms with Gasteiger partial charge in [0.1, 0.15) is 0 Å². The average Bonchev–Trinajstić information content (AvgIpc) is 3.02. The predicted molar refractivity (Wildman–Crippen MR) is 53.6 cm³/mol. The number of ketones is 1. The molecule has 0 aromatic carbocycles. The molecule has 0 radical (unpaired) electrons. The largest absolute Gasteiger partial charge is 0.490 e. The van der Waals surface area contributed by atoms with Crippen LogP contribution in [0.3, 0.4) is 0 Å². The molecule has 3 nitrogen and oxygen atoms in total. The monoisotopic (exact) mass is 195 g/mol. The summed E-state index contributed by atoms with van der Waals surface area (Å²) in [7, 11) is 0. The summed E-state index contributed by atoms with van der Waals surface area (Å²) in [6, 6.07) is 0.0499. The van der Waals surface area contributed by atoms with Crippen LogP contribution >= 0.6 is 0 Å². The van der Waals surface area contributed by atoms with Crippen molar-refractivity contribution in [2.75, 3.05) is 6.61 Å². The van der Waals surface area contributed by atoms with E-state index in [-0.39, 0.29) is 11.8 Å². The average molecular weight is 195 g/mol. The van der Waals surface area contributed by atoms with Gasteiger partial charge in [-0.1, -0.05) is 0 Å². The van der Waals surface area contributed by atoms with Crippen LogP contribution in [0.4, 0.5) is 0 Å². The Labute approximate surface area is 84.3 Å². The molecule has 1 unspecified atom stereocenters. The maximum absolute atomic E-state index is 11.7. The maximum Gasteiger partial charge on any atom is 0.198 e. The summed E-state index contributed by atoms with van der Waals surface area (Å²) in [5.74, 6) is 1.22. The predicted octanol–water partition coefficient (Wildman–Crippen LogP) is 1.38. The van der Waals surface area contributed by atoms with Gasteiger partial charge in [0.05, 0.1) is 6.61 Å². The lowest BCUT2D eigenvalue weighted by molar-refractivity contribution is -0.119. The normalized spacial score (nSPS) is 23.6. The van der Waals surface area contributed by atoms with E-state index in [1.54, 1.807) is 0 Å². The van der Waals surface area contributed by atoms with Crippen molar-refractivity contribution in [3.63, 3.8) is 0 Å². The second-order valence-electron chi connectivity index (χ2n) is 4.19. The Morgan fingerprint density at radius 2 is 2.43 bits per heavy atom. The molecule has 1 atom stereocenters. The van der Waals surface area contributed by atoms with Crippen LogP contribution in [0.5, 0.6) is 0 Å². The molecule has 14 heavy (non-hydrogen) atoms.